The molecule has 1 atom stereocenters. The van der Waals surface area contributed by atoms with Crippen molar-refractivity contribution in [1.29, 1.82) is 0 Å². The number of hydrogen-bond donors (Lipinski definition) is 0. The molecule has 1 heterocycles. The average molecular weight is 304 g/mol. The zero-order chi connectivity index (χ0) is 10.7. The Balaban J connectivity index is 3.12. The van der Waals surface area contributed by atoms with Crippen molar-refractivity contribution in [2.45, 2.75) is 26.7 Å². The lowest BCUT2D eigenvalue weighted by Crippen LogP contribution is -2.18. The fraction of sp³-hybridized carbons (Fsp3) is 0.500. The molecule has 1 rings (SSSR count). The monoisotopic (exact) mass is 304 g/mol. The molecule has 0 saturated carbocycles. The van der Waals surface area contributed by atoms with E-state index in [2.05, 4.69) is 32.6 Å². The minimum Gasteiger partial charge on any atom is -0.299 e. The van der Waals surface area contributed by atoms with Gasteiger partial charge in [-0.2, -0.15) is 0 Å². The Bertz CT molecular complexity index is 339. The number of aromatic nitrogens is 2. The van der Waals surface area contributed by atoms with E-state index in [0.29, 0.717) is 0 Å². The van der Waals surface area contributed by atoms with Gasteiger partial charge in [-0.3, -0.25) is 4.79 Å². The number of rotatable bonds is 3. The maximum atomic E-state index is 11.5. The lowest BCUT2D eigenvalue weighted by atomic mass is 9.89. The minimum absolute atomic E-state index is 0.107. The number of Topliss-reactive ketones (excluding diaryl/α,β-unsaturated/α-hetero) is 1. The summed E-state index contributed by atoms with van der Waals surface area (Å²) >= 11 is 2.17. The summed E-state index contributed by atoms with van der Waals surface area (Å²) in [6.45, 7) is 5.68. The fourth-order valence-corrected chi connectivity index (χ4v) is 2.16. The standard InChI is InChI=1S/C10H13IN2O/c1-6(2)9(7(3)14)10-8(11)4-12-5-13-10/h4-6,9H,1-3H3. The summed E-state index contributed by atoms with van der Waals surface area (Å²) < 4.78 is 0.957. The highest BCUT2D eigenvalue weighted by molar-refractivity contribution is 14.1. The average Bonchev–Trinajstić information content (AvgIpc) is 2.07. The van der Waals surface area contributed by atoms with Crippen LogP contribution in [0, 0.1) is 9.49 Å². The number of halogens is 1. The van der Waals surface area contributed by atoms with E-state index in [-0.39, 0.29) is 17.6 Å². The van der Waals surface area contributed by atoms with Crippen molar-refractivity contribution >= 4 is 28.4 Å². The van der Waals surface area contributed by atoms with Crippen LogP contribution >= 0.6 is 22.6 Å². The molecule has 1 aromatic rings. The summed E-state index contributed by atoms with van der Waals surface area (Å²) in [4.78, 5) is 19.6. The Labute approximate surface area is 97.5 Å². The second-order valence-corrected chi connectivity index (χ2v) is 4.75. The molecule has 1 unspecified atom stereocenters. The molecule has 0 fully saturated rings. The second-order valence-electron chi connectivity index (χ2n) is 3.59. The summed E-state index contributed by atoms with van der Waals surface area (Å²) in [5.41, 5.74) is 0.850. The molecule has 0 spiro atoms. The summed E-state index contributed by atoms with van der Waals surface area (Å²) in [6, 6.07) is 0. The van der Waals surface area contributed by atoms with E-state index in [0.717, 1.165) is 9.26 Å². The van der Waals surface area contributed by atoms with Gasteiger partial charge in [0.15, 0.2) is 0 Å². The van der Waals surface area contributed by atoms with Gasteiger partial charge in [-0.05, 0) is 35.4 Å². The van der Waals surface area contributed by atoms with Gasteiger partial charge >= 0.3 is 0 Å². The molecule has 0 bridgehead atoms. The Morgan fingerprint density at radius 2 is 2.14 bits per heavy atom. The van der Waals surface area contributed by atoms with Crippen LogP contribution in [-0.2, 0) is 4.79 Å². The first kappa shape index (κ1) is 11.6. The van der Waals surface area contributed by atoms with Crippen LogP contribution in [0.2, 0.25) is 0 Å². The van der Waals surface area contributed by atoms with E-state index in [4.69, 9.17) is 0 Å². The van der Waals surface area contributed by atoms with Crippen LogP contribution in [0.25, 0.3) is 0 Å². The van der Waals surface area contributed by atoms with Crippen molar-refractivity contribution in [1.82, 2.24) is 9.97 Å². The van der Waals surface area contributed by atoms with Gasteiger partial charge in [0.05, 0.1) is 15.2 Å². The molecular weight excluding hydrogens is 291 g/mol. The summed E-state index contributed by atoms with van der Waals surface area (Å²) in [5, 5.41) is 0. The first-order valence-electron chi connectivity index (χ1n) is 4.50. The number of hydrogen-bond acceptors (Lipinski definition) is 3. The molecule has 76 valence electrons. The Hall–Kier alpha value is -0.520. The lowest BCUT2D eigenvalue weighted by Gasteiger charge is -2.17. The topological polar surface area (TPSA) is 42.9 Å². The minimum atomic E-state index is -0.107. The summed E-state index contributed by atoms with van der Waals surface area (Å²) in [6.07, 6.45) is 3.23. The van der Waals surface area contributed by atoms with Crippen LogP contribution < -0.4 is 0 Å². The molecule has 0 N–H and O–H groups in total. The SMILES string of the molecule is CC(=O)C(c1ncncc1I)C(C)C. The quantitative estimate of drug-likeness (QED) is 0.805. The van der Waals surface area contributed by atoms with Crippen molar-refractivity contribution in [2.24, 2.45) is 5.92 Å². The Morgan fingerprint density at radius 3 is 2.57 bits per heavy atom. The van der Waals surface area contributed by atoms with E-state index in [1.54, 1.807) is 13.1 Å². The molecule has 0 aliphatic rings. The third-order valence-corrected chi connectivity index (χ3v) is 2.93. The first-order chi connectivity index (χ1) is 6.54. The van der Waals surface area contributed by atoms with E-state index in [1.165, 1.54) is 6.33 Å². The van der Waals surface area contributed by atoms with E-state index >= 15 is 0 Å². The molecule has 14 heavy (non-hydrogen) atoms. The van der Waals surface area contributed by atoms with Crippen LogP contribution in [0.15, 0.2) is 12.5 Å². The highest BCUT2D eigenvalue weighted by Crippen LogP contribution is 2.26. The van der Waals surface area contributed by atoms with Crippen molar-refractivity contribution in [3.05, 3.63) is 21.8 Å². The van der Waals surface area contributed by atoms with Gasteiger partial charge in [-0.1, -0.05) is 13.8 Å². The summed E-state index contributed by atoms with van der Waals surface area (Å²) in [7, 11) is 0. The van der Waals surface area contributed by atoms with Gasteiger partial charge in [0.1, 0.15) is 12.1 Å². The van der Waals surface area contributed by atoms with Gasteiger partial charge in [0.2, 0.25) is 0 Å². The lowest BCUT2D eigenvalue weighted by molar-refractivity contribution is -0.119. The highest BCUT2D eigenvalue weighted by Gasteiger charge is 2.23. The molecule has 0 aliphatic heterocycles. The molecule has 4 heteroatoms. The number of carbonyl (C=O) groups is 1. The van der Waals surface area contributed by atoms with Crippen LogP contribution in [0.3, 0.4) is 0 Å². The fourth-order valence-electron chi connectivity index (χ4n) is 1.53. The van der Waals surface area contributed by atoms with Gasteiger partial charge in [-0.15, -0.1) is 0 Å². The van der Waals surface area contributed by atoms with Crippen LogP contribution in [0.5, 0.6) is 0 Å². The predicted molar refractivity (Wildman–Crippen MR) is 63.0 cm³/mol. The maximum Gasteiger partial charge on any atom is 0.139 e. The molecular formula is C10H13IN2O. The van der Waals surface area contributed by atoms with Gasteiger partial charge < -0.3 is 0 Å². The third kappa shape index (κ3) is 2.50. The van der Waals surface area contributed by atoms with Crippen LogP contribution in [0.1, 0.15) is 32.4 Å². The van der Waals surface area contributed by atoms with E-state index in [1.807, 2.05) is 13.8 Å². The number of carbonyl (C=O) groups excluding carboxylic acids is 1. The van der Waals surface area contributed by atoms with E-state index < -0.39 is 0 Å². The molecule has 0 amide bonds. The highest BCUT2D eigenvalue weighted by atomic mass is 127. The Morgan fingerprint density at radius 1 is 1.50 bits per heavy atom. The van der Waals surface area contributed by atoms with Crippen molar-refractivity contribution in [3.63, 3.8) is 0 Å². The van der Waals surface area contributed by atoms with Gasteiger partial charge in [0, 0.05) is 6.20 Å². The largest absolute Gasteiger partial charge is 0.299 e. The van der Waals surface area contributed by atoms with Gasteiger partial charge in [-0.25, -0.2) is 9.97 Å². The van der Waals surface area contributed by atoms with Crippen LogP contribution in [-0.4, -0.2) is 15.8 Å². The van der Waals surface area contributed by atoms with Crippen molar-refractivity contribution in [2.75, 3.05) is 0 Å². The normalized spacial score (nSPS) is 12.9. The molecule has 0 aromatic carbocycles. The Kier molecular flexibility index (Phi) is 3.97. The molecule has 0 aliphatic carbocycles. The number of ketones is 1. The zero-order valence-electron chi connectivity index (χ0n) is 8.49. The van der Waals surface area contributed by atoms with Crippen molar-refractivity contribution in [3.8, 4) is 0 Å². The predicted octanol–water partition coefficient (Wildman–Crippen LogP) is 2.41. The van der Waals surface area contributed by atoms with Gasteiger partial charge in [0.25, 0.3) is 0 Å². The molecule has 1 aromatic heterocycles. The second kappa shape index (κ2) is 4.82. The van der Waals surface area contributed by atoms with Crippen molar-refractivity contribution < 1.29 is 4.79 Å². The smallest absolute Gasteiger partial charge is 0.139 e. The molecule has 0 saturated heterocycles. The molecule has 0 radical (unpaired) electrons. The van der Waals surface area contributed by atoms with E-state index in [9.17, 15) is 4.79 Å². The number of nitrogens with zero attached hydrogens (tertiary/aromatic N) is 2. The third-order valence-electron chi connectivity index (χ3n) is 2.10. The van der Waals surface area contributed by atoms with Crippen LogP contribution in [0.4, 0.5) is 0 Å². The molecule has 3 nitrogen and oxygen atoms in total. The maximum absolute atomic E-state index is 11.5. The summed E-state index contributed by atoms with van der Waals surface area (Å²) in [5.74, 6) is 0.331. The first-order valence-corrected chi connectivity index (χ1v) is 5.57. The zero-order valence-corrected chi connectivity index (χ0v) is 10.6.